The summed E-state index contributed by atoms with van der Waals surface area (Å²) >= 11 is 1.87. The van der Waals surface area contributed by atoms with E-state index in [1.165, 1.54) is 0 Å². The van der Waals surface area contributed by atoms with Gasteiger partial charge in [-0.25, -0.2) is 0 Å². The second-order valence-electron chi connectivity index (χ2n) is 8.72. The molecule has 1 amide bonds. The van der Waals surface area contributed by atoms with Crippen LogP contribution < -0.4 is 0 Å². The van der Waals surface area contributed by atoms with Crippen molar-refractivity contribution in [3.05, 3.63) is 70.3 Å². The zero-order valence-electron chi connectivity index (χ0n) is 17.8. The number of aliphatic hydroxyl groups excluding tert-OH is 1. The number of hydrogen-bond acceptors (Lipinski definition) is 6. The van der Waals surface area contributed by atoms with Crippen molar-refractivity contribution >= 4 is 29.4 Å². The largest absolute Gasteiger partial charge is 0.393 e. The topological polar surface area (TPSA) is 77.9 Å². The molecule has 166 valence electrons. The Morgan fingerprint density at radius 3 is 2.06 bits per heavy atom. The van der Waals surface area contributed by atoms with Gasteiger partial charge in [-0.3, -0.25) is 18.7 Å². The van der Waals surface area contributed by atoms with Gasteiger partial charge in [-0.05, 0) is 43.9 Å². The van der Waals surface area contributed by atoms with Gasteiger partial charge in [-0.15, -0.1) is 0 Å². The number of fused-ring (bicyclic) bond motifs is 2. The Morgan fingerprint density at radius 2 is 1.41 bits per heavy atom. The summed E-state index contributed by atoms with van der Waals surface area (Å²) in [6.45, 7) is 3.19. The van der Waals surface area contributed by atoms with Crippen LogP contribution >= 0.6 is 11.9 Å². The minimum Gasteiger partial charge on any atom is -0.393 e. The van der Waals surface area contributed by atoms with Gasteiger partial charge in [-0.2, -0.15) is 0 Å². The highest BCUT2D eigenvalue weighted by Gasteiger charge is 2.31. The minimum absolute atomic E-state index is 0.0866. The van der Waals surface area contributed by atoms with Gasteiger partial charge in [0.1, 0.15) is 0 Å². The molecule has 0 bridgehead atoms. The molecule has 2 fully saturated rings. The summed E-state index contributed by atoms with van der Waals surface area (Å²) in [5.74, 6) is -0.458. The van der Waals surface area contributed by atoms with E-state index in [1.807, 2.05) is 16.8 Å². The van der Waals surface area contributed by atoms with Crippen LogP contribution in [0.5, 0.6) is 0 Å². The molecule has 0 saturated carbocycles. The van der Waals surface area contributed by atoms with Crippen molar-refractivity contribution in [2.75, 3.05) is 26.2 Å². The molecule has 5 rings (SSSR count). The van der Waals surface area contributed by atoms with E-state index >= 15 is 0 Å². The van der Waals surface area contributed by atoms with Crippen molar-refractivity contribution in [3.63, 3.8) is 0 Å². The molecule has 2 heterocycles. The summed E-state index contributed by atoms with van der Waals surface area (Å²) in [6.07, 6.45) is 3.33. The smallest absolute Gasteiger partial charge is 0.253 e. The molecule has 3 aliphatic rings. The van der Waals surface area contributed by atoms with Crippen molar-refractivity contribution < 1.29 is 19.5 Å². The highest BCUT2D eigenvalue weighted by Crippen LogP contribution is 2.31. The Bertz CT molecular complexity index is 1070. The van der Waals surface area contributed by atoms with Crippen LogP contribution in [0.2, 0.25) is 0 Å². The average Bonchev–Trinajstić information content (AvgIpc) is 2.84. The highest BCUT2D eigenvalue weighted by molar-refractivity contribution is 7.97. The number of likely N-dealkylation sites (tertiary alicyclic amines) is 1. The van der Waals surface area contributed by atoms with Crippen molar-refractivity contribution in [2.24, 2.45) is 0 Å². The third-order valence-electron chi connectivity index (χ3n) is 6.62. The molecular weight excluding hydrogens is 424 g/mol. The van der Waals surface area contributed by atoms with E-state index in [0.29, 0.717) is 46.2 Å². The Kier molecular flexibility index (Phi) is 5.88. The van der Waals surface area contributed by atoms with Gasteiger partial charge in [0.2, 0.25) is 0 Å². The fourth-order valence-electron chi connectivity index (χ4n) is 4.74. The minimum atomic E-state index is -0.202. The maximum atomic E-state index is 13.1. The van der Waals surface area contributed by atoms with Crippen LogP contribution in [0.4, 0.5) is 0 Å². The number of ketones is 2. The van der Waals surface area contributed by atoms with E-state index in [4.69, 9.17) is 0 Å². The monoisotopic (exact) mass is 450 g/mol. The van der Waals surface area contributed by atoms with Crippen molar-refractivity contribution in [2.45, 2.75) is 37.0 Å². The summed E-state index contributed by atoms with van der Waals surface area (Å²) < 4.78 is 2.35. The van der Waals surface area contributed by atoms with E-state index in [0.717, 1.165) is 38.8 Å². The molecule has 7 heteroatoms. The second kappa shape index (κ2) is 8.81. The molecule has 0 aromatic heterocycles. The Hall–Kier alpha value is -2.48. The summed E-state index contributed by atoms with van der Waals surface area (Å²) in [5.41, 5.74) is 1.97. The van der Waals surface area contributed by atoms with Gasteiger partial charge in [0.25, 0.3) is 5.91 Å². The molecule has 1 N–H and O–H groups in total. The quantitative estimate of drug-likeness (QED) is 0.618. The molecule has 32 heavy (non-hydrogen) atoms. The van der Waals surface area contributed by atoms with Crippen molar-refractivity contribution in [1.29, 1.82) is 0 Å². The molecule has 0 radical (unpaired) electrons. The SMILES string of the molecule is O=C1c2ccccc2C(=O)c2cc(C(=O)N3CCC(SN4CCC(O)CC4)CC3)ccc21. The molecule has 2 aromatic rings. The molecular formula is C25H26N2O4S. The van der Waals surface area contributed by atoms with E-state index in [2.05, 4.69) is 4.31 Å². The fourth-order valence-corrected chi connectivity index (χ4v) is 6.00. The average molecular weight is 451 g/mol. The number of rotatable bonds is 3. The zero-order chi connectivity index (χ0) is 22.2. The van der Waals surface area contributed by atoms with Gasteiger partial charge in [0.05, 0.1) is 6.10 Å². The third-order valence-corrected chi connectivity index (χ3v) is 8.06. The van der Waals surface area contributed by atoms with Crippen LogP contribution in [0.1, 0.15) is 67.9 Å². The van der Waals surface area contributed by atoms with E-state index in [-0.39, 0.29) is 23.6 Å². The first-order valence-corrected chi connectivity index (χ1v) is 12.1. The molecule has 2 saturated heterocycles. The number of nitrogens with zero attached hydrogens (tertiary/aromatic N) is 2. The van der Waals surface area contributed by atoms with Crippen LogP contribution in [0.25, 0.3) is 0 Å². The summed E-state index contributed by atoms with van der Waals surface area (Å²) in [5, 5.41) is 10.2. The summed E-state index contributed by atoms with van der Waals surface area (Å²) in [6, 6.07) is 11.7. The summed E-state index contributed by atoms with van der Waals surface area (Å²) in [4.78, 5) is 40.7. The van der Waals surface area contributed by atoms with Gasteiger partial charge >= 0.3 is 0 Å². The van der Waals surface area contributed by atoms with E-state index in [9.17, 15) is 19.5 Å². The first kappa shape index (κ1) is 21.4. The van der Waals surface area contributed by atoms with Crippen LogP contribution in [-0.2, 0) is 0 Å². The fraction of sp³-hybridized carbons (Fsp3) is 0.400. The third kappa shape index (κ3) is 4.00. The zero-order valence-corrected chi connectivity index (χ0v) is 18.6. The molecule has 2 aliphatic heterocycles. The predicted octanol–water partition coefficient (Wildman–Crippen LogP) is 3.17. The Morgan fingerprint density at radius 1 is 0.812 bits per heavy atom. The number of piperidine rings is 2. The predicted molar refractivity (Wildman–Crippen MR) is 123 cm³/mol. The number of carbonyl (C=O) groups excluding carboxylic acids is 3. The molecule has 1 aliphatic carbocycles. The maximum absolute atomic E-state index is 13.1. The van der Waals surface area contributed by atoms with Crippen LogP contribution in [0.3, 0.4) is 0 Å². The molecule has 6 nitrogen and oxygen atoms in total. The first-order valence-electron chi connectivity index (χ1n) is 11.2. The molecule has 0 atom stereocenters. The lowest BCUT2D eigenvalue weighted by Gasteiger charge is -2.36. The lowest BCUT2D eigenvalue weighted by molar-refractivity contribution is 0.0725. The Balaban J connectivity index is 1.25. The number of carbonyl (C=O) groups is 3. The Labute approximate surface area is 191 Å². The second-order valence-corrected chi connectivity index (χ2v) is 10.1. The first-order chi connectivity index (χ1) is 15.5. The highest BCUT2D eigenvalue weighted by atomic mass is 32.2. The normalized spacial score (nSPS) is 20.2. The maximum Gasteiger partial charge on any atom is 0.253 e. The molecule has 0 unspecified atom stereocenters. The van der Waals surface area contributed by atoms with E-state index in [1.54, 1.807) is 42.5 Å². The number of amides is 1. The standard InChI is InChI=1S/C25H26N2O4S/c28-17-7-13-27(14-8-17)32-18-9-11-26(12-10-18)25(31)16-5-6-21-22(15-16)24(30)20-4-2-1-3-19(20)23(21)29/h1-6,15,17-18,28H,7-14H2. The number of aliphatic hydroxyl groups is 1. The van der Waals surface area contributed by atoms with Crippen LogP contribution in [-0.4, -0.2) is 69.3 Å². The lowest BCUT2D eigenvalue weighted by Crippen LogP contribution is -2.41. The van der Waals surface area contributed by atoms with Gasteiger partial charge in [-0.1, -0.05) is 36.2 Å². The lowest BCUT2D eigenvalue weighted by atomic mass is 9.83. The van der Waals surface area contributed by atoms with Crippen LogP contribution in [0, 0.1) is 0 Å². The number of benzene rings is 2. The van der Waals surface area contributed by atoms with Crippen LogP contribution in [0.15, 0.2) is 42.5 Å². The van der Waals surface area contributed by atoms with E-state index < -0.39 is 0 Å². The van der Waals surface area contributed by atoms with Gasteiger partial charge < -0.3 is 10.0 Å². The summed E-state index contributed by atoms with van der Waals surface area (Å²) in [7, 11) is 0. The number of hydrogen-bond donors (Lipinski definition) is 1. The van der Waals surface area contributed by atoms with Crippen molar-refractivity contribution in [1.82, 2.24) is 9.21 Å². The molecule has 2 aromatic carbocycles. The van der Waals surface area contributed by atoms with Gasteiger partial charge in [0.15, 0.2) is 11.6 Å². The van der Waals surface area contributed by atoms with Gasteiger partial charge in [0, 0.05) is 59.2 Å². The van der Waals surface area contributed by atoms with Crippen molar-refractivity contribution in [3.8, 4) is 0 Å². The molecule has 0 spiro atoms.